The minimum Gasteiger partial charge on any atom is -0.360 e. The lowest BCUT2D eigenvalue weighted by Gasteiger charge is -1.99. The molecule has 1 amide bonds. The second kappa shape index (κ2) is 5.44. The van der Waals surface area contributed by atoms with Crippen molar-refractivity contribution in [1.29, 1.82) is 0 Å². The van der Waals surface area contributed by atoms with Gasteiger partial charge in [0, 0.05) is 18.2 Å². The zero-order valence-electron chi connectivity index (χ0n) is 10.5. The predicted molar refractivity (Wildman–Crippen MR) is 65.9 cm³/mol. The van der Waals surface area contributed by atoms with E-state index < -0.39 is 0 Å². The molecule has 0 spiro atoms. The smallest absolute Gasteiger partial charge is 0.232 e. The van der Waals surface area contributed by atoms with Crippen LogP contribution in [0, 0.1) is 13.8 Å². The van der Waals surface area contributed by atoms with E-state index in [0.717, 1.165) is 0 Å². The molecule has 0 unspecified atom stereocenters. The van der Waals surface area contributed by atoms with Crippen LogP contribution in [0.4, 0.5) is 5.82 Å². The third kappa shape index (κ3) is 3.41. The van der Waals surface area contributed by atoms with Crippen molar-refractivity contribution in [2.24, 2.45) is 0 Å². The Hall–Kier alpha value is -2.17. The third-order valence-corrected chi connectivity index (χ3v) is 2.55. The highest BCUT2D eigenvalue weighted by molar-refractivity contribution is 5.89. The van der Waals surface area contributed by atoms with Gasteiger partial charge in [0.05, 0.1) is 6.42 Å². The lowest BCUT2D eigenvalue weighted by molar-refractivity contribution is -0.695. The van der Waals surface area contributed by atoms with E-state index in [2.05, 4.69) is 10.5 Å². The minimum absolute atomic E-state index is 0.0728. The van der Waals surface area contributed by atoms with E-state index in [1.165, 1.54) is 5.56 Å². The molecule has 5 heteroatoms. The number of nitrogens with one attached hydrogen (secondary N) is 1. The second-order valence-corrected chi connectivity index (χ2v) is 4.23. The molecule has 2 aromatic heterocycles. The molecule has 0 atom stereocenters. The van der Waals surface area contributed by atoms with Gasteiger partial charge >= 0.3 is 0 Å². The molecule has 0 aliphatic heterocycles. The Bertz CT molecular complexity index is 531. The van der Waals surface area contributed by atoms with Crippen LogP contribution in [0.5, 0.6) is 0 Å². The Labute approximate surface area is 105 Å². The molecule has 18 heavy (non-hydrogen) atoms. The largest absolute Gasteiger partial charge is 0.360 e. The molecule has 0 fully saturated rings. The highest BCUT2D eigenvalue weighted by atomic mass is 16.5. The van der Waals surface area contributed by atoms with Crippen molar-refractivity contribution < 1.29 is 13.9 Å². The topological polar surface area (TPSA) is 59.0 Å². The van der Waals surface area contributed by atoms with E-state index in [1.54, 1.807) is 13.0 Å². The van der Waals surface area contributed by atoms with E-state index in [0.29, 0.717) is 24.5 Å². The van der Waals surface area contributed by atoms with Crippen LogP contribution >= 0.6 is 0 Å². The number of carbonyl (C=O) groups is 1. The molecule has 0 saturated carbocycles. The Morgan fingerprint density at radius 2 is 2.11 bits per heavy atom. The average Bonchev–Trinajstić information content (AvgIpc) is 2.74. The highest BCUT2D eigenvalue weighted by Gasteiger charge is 2.09. The predicted octanol–water partition coefficient (Wildman–Crippen LogP) is 1.61. The maximum Gasteiger partial charge on any atom is 0.232 e. The summed E-state index contributed by atoms with van der Waals surface area (Å²) in [5, 5.41) is 6.40. The van der Waals surface area contributed by atoms with E-state index >= 15 is 0 Å². The Morgan fingerprint density at radius 1 is 1.39 bits per heavy atom. The normalized spacial score (nSPS) is 10.3. The molecule has 2 rings (SSSR count). The first-order chi connectivity index (χ1) is 8.63. The van der Waals surface area contributed by atoms with Gasteiger partial charge in [0.25, 0.3) is 0 Å². The molecule has 1 N–H and O–H groups in total. The molecule has 0 aliphatic carbocycles. The van der Waals surface area contributed by atoms with E-state index in [9.17, 15) is 4.79 Å². The molecule has 5 nitrogen and oxygen atoms in total. The first-order valence-electron chi connectivity index (χ1n) is 5.82. The van der Waals surface area contributed by atoms with Gasteiger partial charge in [0.2, 0.25) is 5.91 Å². The lowest BCUT2D eigenvalue weighted by atomic mass is 10.3. The summed E-state index contributed by atoms with van der Waals surface area (Å²) < 4.78 is 6.84. The van der Waals surface area contributed by atoms with Gasteiger partial charge in [-0.05, 0) is 19.4 Å². The van der Waals surface area contributed by atoms with Crippen LogP contribution in [0.1, 0.15) is 17.7 Å². The fourth-order valence-electron chi connectivity index (χ4n) is 1.54. The van der Waals surface area contributed by atoms with Crippen molar-refractivity contribution >= 4 is 11.7 Å². The first-order valence-corrected chi connectivity index (χ1v) is 5.82. The number of amides is 1. The monoisotopic (exact) mass is 246 g/mol. The van der Waals surface area contributed by atoms with Crippen LogP contribution in [0.25, 0.3) is 0 Å². The molecule has 2 aromatic rings. The maximum absolute atomic E-state index is 11.7. The number of anilines is 1. The zero-order valence-corrected chi connectivity index (χ0v) is 10.5. The van der Waals surface area contributed by atoms with Gasteiger partial charge in [-0.25, -0.2) is 4.57 Å². The number of aryl methyl sites for hydroxylation is 3. The van der Waals surface area contributed by atoms with Gasteiger partial charge in [0.1, 0.15) is 5.76 Å². The summed E-state index contributed by atoms with van der Waals surface area (Å²) in [6, 6.07) is 5.72. The van der Waals surface area contributed by atoms with Gasteiger partial charge in [-0.2, -0.15) is 0 Å². The number of hydrogen-bond acceptors (Lipinski definition) is 3. The van der Waals surface area contributed by atoms with Gasteiger partial charge in [-0.1, -0.05) is 5.16 Å². The first kappa shape index (κ1) is 12.3. The van der Waals surface area contributed by atoms with Crippen LogP contribution in [-0.4, -0.2) is 11.1 Å². The van der Waals surface area contributed by atoms with E-state index in [-0.39, 0.29) is 5.91 Å². The van der Waals surface area contributed by atoms with Crippen molar-refractivity contribution in [3.05, 3.63) is 41.9 Å². The summed E-state index contributed by atoms with van der Waals surface area (Å²) in [6.07, 6.45) is 4.32. The van der Waals surface area contributed by atoms with Crippen LogP contribution in [0.15, 0.2) is 35.1 Å². The molecule has 0 radical (unpaired) electrons. The van der Waals surface area contributed by atoms with Crippen molar-refractivity contribution in [3.8, 4) is 0 Å². The van der Waals surface area contributed by atoms with Gasteiger partial charge < -0.3 is 9.84 Å². The Morgan fingerprint density at radius 3 is 2.72 bits per heavy atom. The quantitative estimate of drug-likeness (QED) is 0.834. The summed E-state index contributed by atoms with van der Waals surface area (Å²) in [5.74, 6) is 1.07. The summed E-state index contributed by atoms with van der Waals surface area (Å²) >= 11 is 0. The van der Waals surface area contributed by atoms with E-state index in [4.69, 9.17) is 4.52 Å². The second-order valence-electron chi connectivity index (χ2n) is 4.23. The average molecular weight is 246 g/mol. The molecular weight excluding hydrogens is 230 g/mol. The van der Waals surface area contributed by atoms with Crippen LogP contribution < -0.4 is 9.88 Å². The minimum atomic E-state index is -0.0728. The summed E-state index contributed by atoms with van der Waals surface area (Å²) in [6.45, 7) is 4.46. The maximum atomic E-state index is 11.7. The third-order valence-electron chi connectivity index (χ3n) is 2.55. The number of nitrogens with zero attached hydrogens (tertiary/aromatic N) is 2. The highest BCUT2D eigenvalue weighted by Crippen LogP contribution is 2.07. The van der Waals surface area contributed by atoms with Gasteiger partial charge in [-0.3, -0.25) is 4.79 Å². The Kier molecular flexibility index (Phi) is 3.72. The number of aromatic nitrogens is 2. The van der Waals surface area contributed by atoms with Crippen molar-refractivity contribution in [2.75, 3.05) is 5.32 Å². The van der Waals surface area contributed by atoms with Crippen molar-refractivity contribution in [2.45, 2.75) is 26.8 Å². The molecule has 2 heterocycles. The van der Waals surface area contributed by atoms with Gasteiger partial charge in [0.15, 0.2) is 24.8 Å². The fourth-order valence-corrected chi connectivity index (χ4v) is 1.54. The van der Waals surface area contributed by atoms with Crippen LogP contribution in [-0.2, 0) is 11.3 Å². The number of hydrogen-bond donors (Lipinski definition) is 1. The van der Waals surface area contributed by atoms with Crippen molar-refractivity contribution in [3.63, 3.8) is 0 Å². The molecule has 0 saturated heterocycles. The fraction of sp³-hybridized carbons (Fsp3) is 0.308. The van der Waals surface area contributed by atoms with Crippen LogP contribution in [0.3, 0.4) is 0 Å². The lowest BCUT2D eigenvalue weighted by Crippen LogP contribution is -2.34. The zero-order chi connectivity index (χ0) is 13.0. The van der Waals surface area contributed by atoms with E-state index in [1.807, 2.05) is 36.0 Å². The molecule has 0 aromatic carbocycles. The van der Waals surface area contributed by atoms with Gasteiger partial charge in [-0.15, -0.1) is 0 Å². The molecule has 94 valence electrons. The summed E-state index contributed by atoms with van der Waals surface area (Å²) in [4.78, 5) is 11.7. The SMILES string of the molecule is Cc1cc[n+](CCC(=O)Nc2cc(C)on2)cc1. The van der Waals surface area contributed by atoms with Crippen molar-refractivity contribution in [1.82, 2.24) is 5.16 Å². The summed E-state index contributed by atoms with van der Waals surface area (Å²) in [7, 11) is 0. The molecule has 0 aliphatic rings. The molecular formula is C13H16N3O2+. The Balaban J connectivity index is 1.83. The molecule has 0 bridgehead atoms. The number of rotatable bonds is 4. The van der Waals surface area contributed by atoms with Crippen LogP contribution in [0.2, 0.25) is 0 Å². The summed E-state index contributed by atoms with van der Waals surface area (Å²) in [5.41, 5.74) is 1.20. The number of pyridine rings is 1. The number of carbonyl (C=O) groups excluding carboxylic acids is 1. The standard InChI is InChI=1S/C13H15N3O2/c1-10-3-6-16(7-4-10)8-5-13(17)14-12-9-11(2)18-15-12/h3-4,6-7,9H,5,8H2,1-2H3/p+1.